The van der Waals surface area contributed by atoms with Gasteiger partial charge < -0.3 is 19.9 Å². The van der Waals surface area contributed by atoms with Crippen LogP contribution in [0.3, 0.4) is 0 Å². The zero-order valence-corrected chi connectivity index (χ0v) is 19.5. The van der Waals surface area contributed by atoms with Gasteiger partial charge in [-0.25, -0.2) is 0 Å². The molecule has 0 amide bonds. The zero-order valence-electron chi connectivity index (χ0n) is 17.2. The summed E-state index contributed by atoms with van der Waals surface area (Å²) in [5.74, 6) is 2.42. The third-order valence-corrected chi connectivity index (χ3v) is 5.19. The Morgan fingerprint density at radius 1 is 1.14 bits per heavy atom. The van der Waals surface area contributed by atoms with Gasteiger partial charge in [0, 0.05) is 52.4 Å². The quantitative estimate of drug-likeness (QED) is 0.389. The average Bonchev–Trinajstić information content (AvgIpc) is 3.19. The molecule has 1 unspecified atom stereocenters. The van der Waals surface area contributed by atoms with E-state index >= 15 is 0 Å². The van der Waals surface area contributed by atoms with Crippen molar-refractivity contribution in [2.24, 2.45) is 4.99 Å². The molecule has 1 atom stereocenters. The van der Waals surface area contributed by atoms with Crippen LogP contribution in [0.4, 0.5) is 5.69 Å². The van der Waals surface area contributed by atoms with E-state index in [-0.39, 0.29) is 24.0 Å². The van der Waals surface area contributed by atoms with Crippen LogP contribution in [0.1, 0.15) is 23.5 Å². The van der Waals surface area contributed by atoms with Crippen molar-refractivity contribution in [1.29, 1.82) is 0 Å². The summed E-state index contributed by atoms with van der Waals surface area (Å²) in [5, 5.41) is 3.51. The molecule has 5 nitrogen and oxygen atoms in total. The minimum absolute atomic E-state index is 0. The van der Waals surface area contributed by atoms with Crippen molar-refractivity contribution < 1.29 is 4.74 Å². The summed E-state index contributed by atoms with van der Waals surface area (Å²) in [7, 11) is 7.68. The Morgan fingerprint density at radius 3 is 2.39 bits per heavy atom. The summed E-state index contributed by atoms with van der Waals surface area (Å²) in [6, 6.07) is 17.1. The van der Waals surface area contributed by atoms with Gasteiger partial charge >= 0.3 is 0 Å². The molecule has 28 heavy (non-hydrogen) atoms. The third kappa shape index (κ3) is 5.53. The topological polar surface area (TPSA) is 40.1 Å². The first kappa shape index (κ1) is 22.3. The second-order valence-electron chi connectivity index (χ2n) is 7.17. The number of likely N-dealkylation sites (tertiary alicyclic amines) is 1. The molecule has 1 fully saturated rings. The van der Waals surface area contributed by atoms with Crippen LogP contribution in [0.5, 0.6) is 5.75 Å². The molecule has 2 aromatic carbocycles. The number of hydrogen-bond donors (Lipinski definition) is 1. The van der Waals surface area contributed by atoms with Gasteiger partial charge in [0.15, 0.2) is 5.96 Å². The van der Waals surface area contributed by atoms with Gasteiger partial charge in [-0.05, 0) is 41.8 Å². The maximum atomic E-state index is 5.26. The number of benzene rings is 2. The van der Waals surface area contributed by atoms with Gasteiger partial charge in [-0.15, -0.1) is 24.0 Å². The Labute approximate surface area is 185 Å². The number of nitrogens with one attached hydrogen (secondary N) is 1. The maximum Gasteiger partial charge on any atom is 0.193 e. The summed E-state index contributed by atoms with van der Waals surface area (Å²) >= 11 is 0. The van der Waals surface area contributed by atoms with Crippen molar-refractivity contribution in [1.82, 2.24) is 10.2 Å². The van der Waals surface area contributed by atoms with Crippen LogP contribution >= 0.6 is 24.0 Å². The van der Waals surface area contributed by atoms with E-state index in [2.05, 4.69) is 70.6 Å². The molecular formula is C22H31IN4O. The van der Waals surface area contributed by atoms with Gasteiger partial charge in [0.25, 0.3) is 0 Å². The fraction of sp³-hybridized carbons (Fsp3) is 0.409. The largest absolute Gasteiger partial charge is 0.497 e. The highest BCUT2D eigenvalue weighted by atomic mass is 127. The lowest BCUT2D eigenvalue weighted by Crippen LogP contribution is -2.39. The van der Waals surface area contributed by atoms with E-state index in [9.17, 15) is 0 Å². The summed E-state index contributed by atoms with van der Waals surface area (Å²) in [4.78, 5) is 8.95. The zero-order chi connectivity index (χ0) is 19.2. The van der Waals surface area contributed by atoms with Crippen LogP contribution in [0.2, 0.25) is 0 Å². The standard InChI is InChI=1S/C22H30N4O.HI/c1-23-22(24-15-17-5-9-20(10-6-17)25(2)3)26-14-13-19(16-26)18-7-11-21(27-4)12-8-18;/h5-12,19H,13-16H2,1-4H3,(H,23,24);1H. The van der Waals surface area contributed by atoms with Gasteiger partial charge in [-0.1, -0.05) is 24.3 Å². The van der Waals surface area contributed by atoms with Crippen molar-refractivity contribution in [2.75, 3.05) is 46.2 Å². The van der Waals surface area contributed by atoms with E-state index in [4.69, 9.17) is 4.74 Å². The van der Waals surface area contributed by atoms with E-state index in [0.29, 0.717) is 5.92 Å². The normalized spacial score (nSPS) is 16.5. The van der Waals surface area contributed by atoms with Crippen molar-refractivity contribution >= 4 is 35.6 Å². The molecule has 1 heterocycles. The molecule has 1 aliphatic heterocycles. The molecule has 0 aromatic heterocycles. The van der Waals surface area contributed by atoms with Crippen molar-refractivity contribution in [3.63, 3.8) is 0 Å². The van der Waals surface area contributed by atoms with Crippen LogP contribution in [-0.4, -0.2) is 52.2 Å². The highest BCUT2D eigenvalue weighted by Gasteiger charge is 2.26. The molecular weight excluding hydrogens is 463 g/mol. The van der Waals surface area contributed by atoms with Gasteiger partial charge in [0.05, 0.1) is 7.11 Å². The Morgan fingerprint density at radius 2 is 1.82 bits per heavy atom. The predicted molar refractivity (Wildman–Crippen MR) is 128 cm³/mol. The lowest BCUT2D eigenvalue weighted by Gasteiger charge is -2.22. The van der Waals surface area contributed by atoms with Crippen LogP contribution in [-0.2, 0) is 6.54 Å². The maximum absolute atomic E-state index is 5.26. The first-order valence-corrected chi connectivity index (χ1v) is 9.46. The molecule has 0 spiro atoms. The van der Waals surface area contributed by atoms with Gasteiger partial charge in [-0.3, -0.25) is 4.99 Å². The predicted octanol–water partition coefficient (Wildman–Crippen LogP) is 3.94. The summed E-state index contributed by atoms with van der Waals surface area (Å²) in [6.45, 7) is 2.80. The number of hydrogen-bond acceptors (Lipinski definition) is 3. The fourth-order valence-corrected chi connectivity index (χ4v) is 3.53. The highest BCUT2D eigenvalue weighted by molar-refractivity contribution is 14.0. The first-order chi connectivity index (χ1) is 13.1. The Kier molecular flexibility index (Phi) is 8.41. The fourth-order valence-electron chi connectivity index (χ4n) is 3.53. The van der Waals surface area contributed by atoms with Crippen LogP contribution in [0.15, 0.2) is 53.5 Å². The number of ether oxygens (including phenoxy) is 1. The van der Waals surface area contributed by atoms with E-state index in [1.54, 1.807) is 7.11 Å². The second kappa shape index (κ2) is 10.5. The number of nitrogens with zero attached hydrogens (tertiary/aromatic N) is 3. The number of aliphatic imine (C=N–C) groups is 1. The number of guanidine groups is 1. The second-order valence-corrected chi connectivity index (χ2v) is 7.17. The number of halogens is 1. The van der Waals surface area contributed by atoms with Crippen molar-refractivity contribution in [2.45, 2.75) is 18.9 Å². The van der Waals surface area contributed by atoms with Gasteiger partial charge in [-0.2, -0.15) is 0 Å². The molecule has 2 aromatic rings. The third-order valence-electron chi connectivity index (χ3n) is 5.19. The number of anilines is 1. The minimum atomic E-state index is 0. The first-order valence-electron chi connectivity index (χ1n) is 9.46. The van der Waals surface area contributed by atoms with Gasteiger partial charge in [0.2, 0.25) is 0 Å². The molecule has 0 aliphatic carbocycles. The lowest BCUT2D eigenvalue weighted by atomic mass is 9.98. The lowest BCUT2D eigenvalue weighted by molar-refractivity contribution is 0.414. The molecule has 0 saturated carbocycles. The Balaban J connectivity index is 0.00000280. The molecule has 1 saturated heterocycles. The molecule has 1 aliphatic rings. The molecule has 6 heteroatoms. The number of rotatable bonds is 5. The Hall–Kier alpha value is -1.96. The van der Waals surface area contributed by atoms with Crippen molar-refractivity contribution in [3.8, 4) is 5.75 Å². The average molecular weight is 494 g/mol. The van der Waals surface area contributed by atoms with E-state index in [1.165, 1.54) is 16.8 Å². The Bertz CT molecular complexity index is 759. The minimum Gasteiger partial charge on any atom is -0.497 e. The van der Waals surface area contributed by atoms with E-state index in [0.717, 1.165) is 37.8 Å². The van der Waals surface area contributed by atoms with Crippen LogP contribution < -0.4 is 15.0 Å². The van der Waals surface area contributed by atoms with Crippen LogP contribution in [0.25, 0.3) is 0 Å². The van der Waals surface area contributed by atoms with Crippen molar-refractivity contribution in [3.05, 3.63) is 59.7 Å². The molecule has 1 N–H and O–H groups in total. The molecule has 0 radical (unpaired) electrons. The van der Waals surface area contributed by atoms with Gasteiger partial charge in [0.1, 0.15) is 5.75 Å². The molecule has 152 valence electrons. The SMILES string of the molecule is CN=C(NCc1ccc(N(C)C)cc1)N1CCC(c2ccc(OC)cc2)C1.I. The highest BCUT2D eigenvalue weighted by Crippen LogP contribution is 2.28. The molecule has 3 rings (SSSR count). The summed E-state index contributed by atoms with van der Waals surface area (Å²) < 4.78 is 5.26. The monoisotopic (exact) mass is 494 g/mol. The van der Waals surface area contributed by atoms with E-state index < -0.39 is 0 Å². The number of methoxy groups -OCH3 is 1. The summed E-state index contributed by atoms with van der Waals surface area (Å²) in [6.07, 6.45) is 1.14. The van der Waals surface area contributed by atoms with Crippen LogP contribution in [0, 0.1) is 0 Å². The summed E-state index contributed by atoms with van der Waals surface area (Å²) in [5.41, 5.74) is 3.84. The van der Waals surface area contributed by atoms with E-state index in [1.807, 2.05) is 19.2 Å². The molecule has 0 bridgehead atoms. The smallest absolute Gasteiger partial charge is 0.193 e.